The number of benzene rings is 3. The van der Waals surface area contributed by atoms with Crippen molar-refractivity contribution in [2.75, 3.05) is 37.2 Å². The minimum absolute atomic E-state index is 0.0830. The highest BCUT2D eigenvalue weighted by molar-refractivity contribution is 6.04. The molecule has 10 heteroatoms. The Labute approximate surface area is 214 Å². The maximum atomic E-state index is 14.0. The first-order chi connectivity index (χ1) is 17.8. The highest BCUT2D eigenvalue weighted by Crippen LogP contribution is 2.37. The number of hydrogen-bond acceptors (Lipinski definition) is 7. The second-order valence-electron chi connectivity index (χ2n) is 8.84. The van der Waals surface area contributed by atoms with E-state index in [4.69, 9.17) is 4.74 Å². The summed E-state index contributed by atoms with van der Waals surface area (Å²) in [6.07, 6.45) is 0. The lowest BCUT2D eigenvalue weighted by molar-refractivity contribution is -0.128. The zero-order valence-corrected chi connectivity index (χ0v) is 20.9. The molecule has 0 aliphatic carbocycles. The Bertz CT molecular complexity index is 1340. The molecule has 0 aromatic heterocycles. The third-order valence-electron chi connectivity index (χ3n) is 6.67. The molecule has 0 saturated heterocycles. The molecule has 4 N–H and O–H groups in total. The van der Waals surface area contributed by atoms with Gasteiger partial charge in [0.15, 0.2) is 0 Å². The molecule has 3 aromatic carbocycles. The van der Waals surface area contributed by atoms with Gasteiger partial charge >= 0.3 is 5.97 Å². The number of carbonyl (C=O) groups excluding carboxylic acids is 2. The fourth-order valence-electron chi connectivity index (χ4n) is 4.52. The molecule has 2 atom stereocenters. The van der Waals surface area contributed by atoms with E-state index in [0.717, 1.165) is 5.39 Å². The number of aliphatic hydroxyl groups is 1. The monoisotopic (exact) mass is 506 g/mol. The number of nitrogens with one attached hydrogen (secondary N) is 2. The quantitative estimate of drug-likeness (QED) is 0.365. The number of anilines is 2. The fourth-order valence-corrected chi connectivity index (χ4v) is 4.52. The normalized spacial score (nSPS) is 16.2. The van der Waals surface area contributed by atoms with Gasteiger partial charge in [-0.1, -0.05) is 24.3 Å². The second kappa shape index (κ2) is 10.9. The third kappa shape index (κ3) is 5.07. The highest BCUT2D eigenvalue weighted by atomic mass is 16.5. The number of likely N-dealkylation sites (N-methyl/N-ethyl adjacent to an activating group) is 1. The predicted molar refractivity (Wildman–Crippen MR) is 140 cm³/mol. The van der Waals surface area contributed by atoms with Crippen molar-refractivity contribution in [3.05, 3.63) is 65.7 Å². The van der Waals surface area contributed by atoms with E-state index in [1.807, 2.05) is 12.1 Å². The number of para-hydroxylation sites is 2. The summed E-state index contributed by atoms with van der Waals surface area (Å²) in [6.45, 7) is 1.52. The van der Waals surface area contributed by atoms with Crippen LogP contribution in [-0.2, 0) is 16.1 Å². The molecule has 0 fully saturated rings. The molecular weight excluding hydrogens is 476 g/mol. The number of carboxylic acid groups (broad SMARTS) is 1. The minimum atomic E-state index is -1.03. The number of carbonyl (C=O) groups is 3. The Kier molecular flexibility index (Phi) is 7.61. The molecule has 37 heavy (non-hydrogen) atoms. The number of amides is 2. The minimum Gasteiger partial charge on any atom is -0.496 e. The van der Waals surface area contributed by atoms with E-state index in [1.165, 1.54) is 13.2 Å². The van der Waals surface area contributed by atoms with Gasteiger partial charge in [0, 0.05) is 12.1 Å². The third-order valence-corrected chi connectivity index (χ3v) is 6.67. The standard InChI is InChI=1S/C27H30N4O6/c1-16(28-2)25(33)29-21-14-30(15-32)22-6-4-5-7-23(22)31(26(21)34)13-20-19-10-8-18(27(35)36)12-17(19)9-11-24(20)37-3/h4-12,16,21,28,32H,13-15H2,1-3H3,(H,29,33)(H,35,36). The second-order valence-corrected chi connectivity index (χ2v) is 8.84. The van der Waals surface area contributed by atoms with E-state index in [1.54, 1.807) is 60.2 Å². The fraction of sp³-hybridized carbons (Fsp3) is 0.296. The summed E-state index contributed by atoms with van der Waals surface area (Å²) in [5, 5.41) is 26.7. The summed E-state index contributed by atoms with van der Waals surface area (Å²) >= 11 is 0. The van der Waals surface area contributed by atoms with Crippen molar-refractivity contribution in [1.82, 2.24) is 10.6 Å². The maximum Gasteiger partial charge on any atom is 0.335 e. The van der Waals surface area contributed by atoms with Gasteiger partial charge in [-0.3, -0.25) is 9.59 Å². The number of hydrogen-bond donors (Lipinski definition) is 4. The van der Waals surface area contributed by atoms with Crippen LogP contribution in [-0.4, -0.2) is 67.5 Å². The molecule has 0 radical (unpaired) electrons. The first-order valence-electron chi connectivity index (χ1n) is 11.9. The summed E-state index contributed by atoms with van der Waals surface area (Å²) in [7, 11) is 3.19. The summed E-state index contributed by atoms with van der Waals surface area (Å²) < 4.78 is 5.62. The summed E-state index contributed by atoms with van der Waals surface area (Å²) in [5.41, 5.74) is 2.05. The van der Waals surface area contributed by atoms with Gasteiger partial charge in [-0.25, -0.2) is 4.79 Å². The van der Waals surface area contributed by atoms with Gasteiger partial charge in [-0.05, 0) is 55.1 Å². The van der Waals surface area contributed by atoms with Crippen molar-refractivity contribution in [2.24, 2.45) is 0 Å². The molecule has 2 unspecified atom stereocenters. The molecule has 0 bridgehead atoms. The molecule has 0 saturated carbocycles. The average molecular weight is 507 g/mol. The number of rotatable bonds is 8. The molecule has 3 aromatic rings. The smallest absolute Gasteiger partial charge is 0.335 e. The van der Waals surface area contributed by atoms with Crippen molar-refractivity contribution >= 4 is 39.9 Å². The van der Waals surface area contributed by atoms with Crippen molar-refractivity contribution in [3.8, 4) is 5.75 Å². The van der Waals surface area contributed by atoms with Gasteiger partial charge in [0.1, 0.15) is 18.5 Å². The summed E-state index contributed by atoms with van der Waals surface area (Å²) in [5.74, 6) is -1.18. The molecule has 1 heterocycles. The van der Waals surface area contributed by atoms with E-state index in [2.05, 4.69) is 10.6 Å². The Morgan fingerprint density at radius 3 is 2.51 bits per heavy atom. The van der Waals surface area contributed by atoms with E-state index < -0.39 is 18.1 Å². The van der Waals surface area contributed by atoms with Crippen LogP contribution < -0.4 is 25.2 Å². The van der Waals surface area contributed by atoms with Crippen molar-refractivity contribution in [2.45, 2.75) is 25.6 Å². The van der Waals surface area contributed by atoms with Crippen LogP contribution in [0.5, 0.6) is 5.75 Å². The van der Waals surface area contributed by atoms with Gasteiger partial charge in [0.2, 0.25) is 5.91 Å². The molecule has 4 rings (SSSR count). The van der Waals surface area contributed by atoms with Crippen LogP contribution in [0.3, 0.4) is 0 Å². The van der Waals surface area contributed by atoms with E-state index in [0.29, 0.717) is 28.1 Å². The largest absolute Gasteiger partial charge is 0.496 e. The van der Waals surface area contributed by atoms with Crippen LogP contribution in [0, 0.1) is 0 Å². The van der Waals surface area contributed by atoms with Gasteiger partial charge < -0.3 is 35.4 Å². The summed E-state index contributed by atoms with van der Waals surface area (Å²) in [4.78, 5) is 41.4. The van der Waals surface area contributed by atoms with E-state index >= 15 is 0 Å². The lowest BCUT2D eigenvalue weighted by Gasteiger charge is -2.27. The lowest BCUT2D eigenvalue weighted by atomic mass is 10.00. The van der Waals surface area contributed by atoms with Gasteiger partial charge in [0.05, 0.1) is 36.6 Å². The van der Waals surface area contributed by atoms with Crippen LogP contribution in [0.25, 0.3) is 10.8 Å². The van der Waals surface area contributed by atoms with E-state index in [-0.39, 0.29) is 37.2 Å². The van der Waals surface area contributed by atoms with Gasteiger partial charge in [-0.2, -0.15) is 0 Å². The number of methoxy groups -OCH3 is 1. The Morgan fingerprint density at radius 1 is 1.14 bits per heavy atom. The average Bonchev–Trinajstić information content (AvgIpc) is 3.02. The predicted octanol–water partition coefficient (Wildman–Crippen LogP) is 1.94. The number of carboxylic acids is 1. The molecule has 2 amide bonds. The highest BCUT2D eigenvalue weighted by Gasteiger charge is 2.35. The van der Waals surface area contributed by atoms with Crippen LogP contribution in [0.4, 0.5) is 11.4 Å². The van der Waals surface area contributed by atoms with Crippen molar-refractivity contribution in [3.63, 3.8) is 0 Å². The van der Waals surface area contributed by atoms with E-state index in [9.17, 15) is 24.6 Å². The van der Waals surface area contributed by atoms with Crippen LogP contribution in [0.15, 0.2) is 54.6 Å². The molecule has 0 spiro atoms. The first-order valence-corrected chi connectivity index (χ1v) is 11.9. The van der Waals surface area contributed by atoms with Crippen LogP contribution in [0.2, 0.25) is 0 Å². The van der Waals surface area contributed by atoms with Crippen molar-refractivity contribution in [1.29, 1.82) is 0 Å². The lowest BCUT2D eigenvalue weighted by Crippen LogP contribution is -2.55. The molecule has 194 valence electrons. The van der Waals surface area contributed by atoms with Crippen LogP contribution in [0.1, 0.15) is 22.8 Å². The molecule has 1 aliphatic heterocycles. The molecule has 10 nitrogen and oxygen atoms in total. The number of aliphatic hydroxyl groups excluding tert-OH is 1. The zero-order valence-electron chi connectivity index (χ0n) is 20.9. The summed E-state index contributed by atoms with van der Waals surface area (Å²) in [6, 6.07) is 14.1. The number of ether oxygens (including phenoxy) is 1. The van der Waals surface area contributed by atoms with Crippen LogP contribution >= 0.6 is 0 Å². The van der Waals surface area contributed by atoms with Crippen molar-refractivity contribution < 1.29 is 29.3 Å². The SMILES string of the molecule is CNC(C)C(=O)NC1CN(CO)c2ccccc2N(Cc2c(OC)ccc3cc(C(=O)O)ccc23)C1=O. The number of fused-ring (bicyclic) bond motifs is 2. The Hall–Kier alpha value is -4.15. The number of nitrogens with zero attached hydrogens (tertiary/aromatic N) is 2. The number of aromatic carboxylic acids is 1. The zero-order chi connectivity index (χ0) is 26.7. The van der Waals surface area contributed by atoms with Gasteiger partial charge in [-0.15, -0.1) is 0 Å². The molecular formula is C27H30N4O6. The topological polar surface area (TPSA) is 131 Å². The van der Waals surface area contributed by atoms with Gasteiger partial charge in [0.25, 0.3) is 5.91 Å². The Balaban J connectivity index is 1.83. The molecule has 1 aliphatic rings. The first kappa shape index (κ1) is 25.9. The Morgan fingerprint density at radius 2 is 1.86 bits per heavy atom. The maximum absolute atomic E-state index is 14.0.